The van der Waals surface area contributed by atoms with Crippen molar-refractivity contribution in [2.45, 2.75) is 12.5 Å². The van der Waals surface area contributed by atoms with E-state index in [1.165, 1.54) is 12.0 Å². The number of halogens is 1. The first-order valence-corrected chi connectivity index (χ1v) is 5.03. The molecule has 0 saturated carbocycles. The lowest BCUT2D eigenvalue weighted by Crippen LogP contribution is -2.35. The van der Waals surface area contributed by atoms with Gasteiger partial charge >= 0.3 is 0 Å². The molecule has 1 aromatic heterocycles. The number of ether oxygens (including phenoxy) is 1. The average molecular weight is 243 g/mol. The van der Waals surface area contributed by atoms with E-state index < -0.39 is 0 Å². The van der Waals surface area contributed by atoms with E-state index in [2.05, 4.69) is 26.2 Å². The number of nitrogens with one attached hydrogen (secondary N) is 1. The van der Waals surface area contributed by atoms with Crippen molar-refractivity contribution in [3.8, 4) is 5.75 Å². The van der Waals surface area contributed by atoms with Crippen molar-refractivity contribution in [2.24, 2.45) is 0 Å². The van der Waals surface area contributed by atoms with Crippen LogP contribution in [0.2, 0.25) is 0 Å². The second kappa shape index (κ2) is 3.64. The van der Waals surface area contributed by atoms with Crippen molar-refractivity contribution in [2.75, 3.05) is 13.7 Å². The fourth-order valence-electron chi connectivity index (χ4n) is 1.46. The summed E-state index contributed by atoms with van der Waals surface area (Å²) in [6, 6.07) is 0.423. The molecule has 1 unspecified atom stereocenters. The first-order chi connectivity index (χ1) is 6.33. The summed E-state index contributed by atoms with van der Waals surface area (Å²) in [4.78, 5) is 4.06. The highest BCUT2D eigenvalue weighted by Crippen LogP contribution is 2.35. The molecule has 1 N–H and O–H groups in total. The monoisotopic (exact) mass is 242 g/mol. The van der Waals surface area contributed by atoms with Crippen LogP contribution >= 0.6 is 15.9 Å². The van der Waals surface area contributed by atoms with E-state index in [1.807, 2.05) is 0 Å². The Morgan fingerprint density at radius 3 is 2.92 bits per heavy atom. The van der Waals surface area contributed by atoms with E-state index >= 15 is 0 Å². The lowest BCUT2D eigenvalue weighted by molar-refractivity contribution is 0.351. The lowest BCUT2D eigenvalue weighted by atomic mass is 9.98. The average Bonchev–Trinajstić information content (AvgIpc) is 2.05. The standard InChI is InChI=1S/C9H11BrN2O/c1-13-8-5-11-4-6(10)9(8)7-2-3-12-7/h4-5,7,12H,2-3H2,1H3. The molecule has 3 nitrogen and oxygen atoms in total. The Kier molecular flexibility index (Phi) is 2.51. The van der Waals surface area contributed by atoms with Gasteiger partial charge < -0.3 is 10.1 Å². The number of hydrogen-bond acceptors (Lipinski definition) is 3. The van der Waals surface area contributed by atoms with Gasteiger partial charge in [0, 0.05) is 22.3 Å². The van der Waals surface area contributed by atoms with Crippen molar-refractivity contribution in [3.05, 3.63) is 22.4 Å². The van der Waals surface area contributed by atoms with Crippen molar-refractivity contribution in [1.82, 2.24) is 10.3 Å². The maximum atomic E-state index is 5.25. The van der Waals surface area contributed by atoms with Gasteiger partial charge in [0.05, 0.1) is 13.3 Å². The van der Waals surface area contributed by atoms with Gasteiger partial charge in [0.1, 0.15) is 5.75 Å². The number of rotatable bonds is 2. The summed E-state index contributed by atoms with van der Waals surface area (Å²) in [7, 11) is 1.67. The zero-order valence-electron chi connectivity index (χ0n) is 7.38. The molecule has 4 heteroatoms. The van der Waals surface area contributed by atoms with E-state index in [0.29, 0.717) is 6.04 Å². The maximum Gasteiger partial charge on any atom is 0.143 e. The summed E-state index contributed by atoms with van der Waals surface area (Å²) in [5, 5.41) is 3.34. The van der Waals surface area contributed by atoms with E-state index in [9.17, 15) is 0 Å². The number of methoxy groups -OCH3 is 1. The predicted molar refractivity (Wildman–Crippen MR) is 53.8 cm³/mol. The summed E-state index contributed by atoms with van der Waals surface area (Å²) in [6.45, 7) is 1.09. The minimum absolute atomic E-state index is 0.423. The van der Waals surface area contributed by atoms with Crippen molar-refractivity contribution in [3.63, 3.8) is 0 Å². The topological polar surface area (TPSA) is 34.1 Å². The number of hydrogen-bond donors (Lipinski definition) is 1. The van der Waals surface area contributed by atoms with Gasteiger partial charge in [-0.15, -0.1) is 0 Å². The molecule has 1 fully saturated rings. The van der Waals surface area contributed by atoms with Crippen LogP contribution in [0.3, 0.4) is 0 Å². The lowest BCUT2D eigenvalue weighted by Gasteiger charge is -2.29. The Labute approximate surface area is 85.6 Å². The highest BCUT2D eigenvalue weighted by Gasteiger charge is 2.24. The number of aromatic nitrogens is 1. The SMILES string of the molecule is COc1cncc(Br)c1C1CCN1. The van der Waals surface area contributed by atoms with Crippen LogP contribution in [0, 0.1) is 0 Å². The molecular weight excluding hydrogens is 232 g/mol. The van der Waals surface area contributed by atoms with Gasteiger partial charge in [-0.05, 0) is 28.9 Å². The van der Waals surface area contributed by atoms with Crippen molar-refractivity contribution >= 4 is 15.9 Å². The minimum atomic E-state index is 0.423. The smallest absolute Gasteiger partial charge is 0.143 e. The normalized spacial score (nSPS) is 20.9. The molecule has 0 radical (unpaired) electrons. The molecule has 2 heterocycles. The molecule has 0 spiro atoms. The van der Waals surface area contributed by atoms with Gasteiger partial charge in [-0.3, -0.25) is 4.98 Å². The van der Waals surface area contributed by atoms with Crippen LogP contribution in [0.15, 0.2) is 16.9 Å². The van der Waals surface area contributed by atoms with E-state index in [4.69, 9.17) is 4.74 Å². The zero-order chi connectivity index (χ0) is 9.26. The van der Waals surface area contributed by atoms with Gasteiger partial charge in [0.15, 0.2) is 0 Å². The van der Waals surface area contributed by atoms with Crippen LogP contribution in [0.5, 0.6) is 5.75 Å². The molecule has 70 valence electrons. The molecule has 0 bridgehead atoms. The van der Waals surface area contributed by atoms with Gasteiger partial charge in [0.25, 0.3) is 0 Å². The highest BCUT2D eigenvalue weighted by molar-refractivity contribution is 9.10. The second-order valence-electron chi connectivity index (χ2n) is 3.03. The summed E-state index contributed by atoms with van der Waals surface area (Å²) >= 11 is 3.48. The largest absolute Gasteiger partial charge is 0.495 e. The van der Waals surface area contributed by atoms with Gasteiger partial charge in [-0.25, -0.2) is 0 Å². The highest BCUT2D eigenvalue weighted by atomic mass is 79.9. The predicted octanol–water partition coefficient (Wildman–Crippen LogP) is 1.89. The van der Waals surface area contributed by atoms with Crippen LogP contribution < -0.4 is 10.1 Å². The Bertz CT molecular complexity index is 312. The number of nitrogens with zero attached hydrogens (tertiary/aromatic N) is 1. The molecule has 1 aliphatic heterocycles. The molecule has 1 aromatic rings. The summed E-state index contributed by atoms with van der Waals surface area (Å²) in [5.41, 5.74) is 1.18. The molecule has 1 aliphatic rings. The maximum absolute atomic E-state index is 5.25. The fourth-order valence-corrected chi connectivity index (χ4v) is 2.05. The third-order valence-corrected chi connectivity index (χ3v) is 2.93. The molecular formula is C9H11BrN2O. The van der Waals surface area contributed by atoms with Crippen LogP contribution in [-0.2, 0) is 0 Å². The van der Waals surface area contributed by atoms with Crippen LogP contribution in [-0.4, -0.2) is 18.6 Å². The Hall–Kier alpha value is -0.610. The molecule has 0 amide bonds. The fraction of sp³-hybridized carbons (Fsp3) is 0.444. The van der Waals surface area contributed by atoms with Crippen LogP contribution in [0.1, 0.15) is 18.0 Å². The summed E-state index contributed by atoms with van der Waals surface area (Å²) < 4.78 is 6.27. The van der Waals surface area contributed by atoms with Crippen LogP contribution in [0.25, 0.3) is 0 Å². The van der Waals surface area contributed by atoms with E-state index in [-0.39, 0.29) is 0 Å². The van der Waals surface area contributed by atoms with Crippen molar-refractivity contribution < 1.29 is 4.74 Å². The minimum Gasteiger partial charge on any atom is -0.495 e. The number of pyridine rings is 1. The summed E-state index contributed by atoms with van der Waals surface area (Å²) in [6.07, 6.45) is 4.72. The molecule has 0 aliphatic carbocycles. The first kappa shape index (κ1) is 8.97. The zero-order valence-corrected chi connectivity index (χ0v) is 8.97. The van der Waals surface area contributed by atoms with Gasteiger partial charge in [0.2, 0.25) is 0 Å². The van der Waals surface area contributed by atoms with Gasteiger partial charge in [-0.1, -0.05) is 0 Å². The van der Waals surface area contributed by atoms with Crippen molar-refractivity contribution in [1.29, 1.82) is 0 Å². The Morgan fingerprint density at radius 2 is 2.38 bits per heavy atom. The third-order valence-electron chi connectivity index (χ3n) is 2.29. The van der Waals surface area contributed by atoms with Crippen LogP contribution in [0.4, 0.5) is 0 Å². The van der Waals surface area contributed by atoms with E-state index in [1.54, 1.807) is 19.5 Å². The Balaban J connectivity index is 2.39. The molecule has 1 saturated heterocycles. The first-order valence-electron chi connectivity index (χ1n) is 4.23. The van der Waals surface area contributed by atoms with Gasteiger partial charge in [-0.2, -0.15) is 0 Å². The molecule has 13 heavy (non-hydrogen) atoms. The molecule has 2 rings (SSSR count). The third kappa shape index (κ3) is 1.56. The Morgan fingerprint density at radius 1 is 1.62 bits per heavy atom. The quantitative estimate of drug-likeness (QED) is 0.861. The summed E-state index contributed by atoms with van der Waals surface area (Å²) in [5.74, 6) is 0.853. The van der Waals surface area contributed by atoms with E-state index in [0.717, 1.165) is 16.8 Å². The molecule has 0 aromatic carbocycles. The second-order valence-corrected chi connectivity index (χ2v) is 3.89. The molecule has 1 atom stereocenters.